The number of nitrogens with zero attached hydrogens (tertiary/aromatic N) is 1. The number of nitrogens with one attached hydrogen (secondary N) is 1. The van der Waals surface area contributed by atoms with Gasteiger partial charge in [0.25, 0.3) is 0 Å². The molecule has 22 heavy (non-hydrogen) atoms. The summed E-state index contributed by atoms with van der Waals surface area (Å²) in [5, 5.41) is 13.1. The van der Waals surface area contributed by atoms with Crippen molar-refractivity contribution in [3.05, 3.63) is 24.3 Å². The number of likely N-dealkylation sites (tertiary alicyclic amines) is 1. The van der Waals surface area contributed by atoms with Crippen molar-refractivity contribution in [2.75, 3.05) is 24.7 Å². The quantitative estimate of drug-likeness (QED) is 0.791. The molecule has 2 rings (SSSR count). The molecule has 5 heteroatoms. The van der Waals surface area contributed by atoms with Crippen molar-refractivity contribution in [1.82, 2.24) is 4.90 Å². The zero-order chi connectivity index (χ0) is 15.9. The first-order valence-electron chi connectivity index (χ1n) is 8.00. The predicted octanol–water partition coefficient (Wildman–Crippen LogP) is 2.97. The molecule has 0 radical (unpaired) electrons. The van der Waals surface area contributed by atoms with Crippen LogP contribution in [0.2, 0.25) is 0 Å². The van der Waals surface area contributed by atoms with Crippen molar-refractivity contribution in [3.63, 3.8) is 0 Å². The van der Waals surface area contributed by atoms with Gasteiger partial charge in [0.2, 0.25) is 5.91 Å². The van der Waals surface area contributed by atoms with Crippen LogP contribution in [0.4, 0.5) is 5.69 Å². The van der Waals surface area contributed by atoms with Gasteiger partial charge < -0.3 is 10.4 Å². The fraction of sp³-hybridized carbons (Fsp3) is 0.588. The van der Waals surface area contributed by atoms with Gasteiger partial charge in [-0.3, -0.25) is 9.69 Å². The van der Waals surface area contributed by atoms with Crippen LogP contribution in [0.1, 0.15) is 32.6 Å². The van der Waals surface area contributed by atoms with Gasteiger partial charge in [-0.15, -0.1) is 11.8 Å². The van der Waals surface area contributed by atoms with E-state index in [0.717, 1.165) is 42.8 Å². The van der Waals surface area contributed by atoms with E-state index in [1.54, 1.807) is 11.8 Å². The van der Waals surface area contributed by atoms with Crippen molar-refractivity contribution >= 4 is 23.4 Å². The molecule has 0 aliphatic carbocycles. The number of aliphatic hydroxyl groups is 1. The van der Waals surface area contributed by atoms with Gasteiger partial charge in [-0.2, -0.15) is 0 Å². The van der Waals surface area contributed by atoms with Gasteiger partial charge in [-0.05, 0) is 50.3 Å². The molecule has 2 unspecified atom stereocenters. The topological polar surface area (TPSA) is 52.6 Å². The molecular formula is C17H26N2O2S. The third kappa shape index (κ3) is 4.73. The van der Waals surface area contributed by atoms with Gasteiger partial charge >= 0.3 is 0 Å². The number of hydrogen-bond acceptors (Lipinski definition) is 4. The number of anilines is 1. The highest BCUT2D eigenvalue weighted by Crippen LogP contribution is 2.22. The summed E-state index contributed by atoms with van der Waals surface area (Å²) in [4.78, 5) is 15.6. The fourth-order valence-electron chi connectivity index (χ4n) is 3.01. The van der Waals surface area contributed by atoms with Crippen LogP contribution in [-0.2, 0) is 4.79 Å². The maximum Gasteiger partial charge on any atom is 0.238 e. The minimum atomic E-state index is -0.340. The van der Waals surface area contributed by atoms with Gasteiger partial charge in [0.05, 0.1) is 12.6 Å². The lowest BCUT2D eigenvalue weighted by Gasteiger charge is -2.37. The monoisotopic (exact) mass is 322 g/mol. The Morgan fingerprint density at radius 3 is 3.05 bits per heavy atom. The standard InChI is InChI=1S/C17H26N2O2S/c1-3-16(20)15-9-4-5-10-19(15)12-17(21)18-13-7-6-8-14(11-13)22-2/h6-8,11,15-16,20H,3-5,9-10,12H2,1-2H3,(H,18,21). The first-order valence-corrected chi connectivity index (χ1v) is 9.22. The van der Waals surface area contributed by atoms with Gasteiger partial charge in [0, 0.05) is 16.6 Å². The van der Waals surface area contributed by atoms with Gasteiger partial charge in [0.15, 0.2) is 0 Å². The molecule has 4 nitrogen and oxygen atoms in total. The minimum absolute atomic E-state index is 0.00606. The first kappa shape index (κ1) is 17.3. The maximum absolute atomic E-state index is 12.3. The normalized spacial score (nSPS) is 20.6. The summed E-state index contributed by atoms with van der Waals surface area (Å²) < 4.78 is 0. The lowest BCUT2D eigenvalue weighted by atomic mass is 9.96. The summed E-state index contributed by atoms with van der Waals surface area (Å²) in [6.07, 6.45) is 5.62. The SMILES string of the molecule is CCC(O)C1CCCCN1CC(=O)Nc1cccc(SC)c1. The van der Waals surface area contributed by atoms with E-state index in [0.29, 0.717) is 6.54 Å². The second kappa shape index (κ2) is 8.56. The van der Waals surface area contributed by atoms with Crippen LogP contribution in [0, 0.1) is 0 Å². The van der Waals surface area contributed by atoms with Crippen molar-refractivity contribution in [1.29, 1.82) is 0 Å². The van der Waals surface area contributed by atoms with E-state index in [-0.39, 0.29) is 18.1 Å². The number of carbonyl (C=O) groups excluding carboxylic acids is 1. The highest BCUT2D eigenvalue weighted by atomic mass is 32.2. The molecule has 122 valence electrons. The molecule has 1 aliphatic heterocycles. The third-order valence-electron chi connectivity index (χ3n) is 4.23. The van der Waals surface area contributed by atoms with Gasteiger partial charge in [0.1, 0.15) is 0 Å². The Labute approximate surface area is 137 Å². The zero-order valence-electron chi connectivity index (χ0n) is 13.4. The Morgan fingerprint density at radius 1 is 1.50 bits per heavy atom. The molecule has 0 bridgehead atoms. The number of thioether (sulfide) groups is 1. The summed E-state index contributed by atoms with van der Waals surface area (Å²) in [7, 11) is 0. The lowest BCUT2D eigenvalue weighted by Crippen LogP contribution is -2.49. The van der Waals surface area contributed by atoms with E-state index in [2.05, 4.69) is 10.2 Å². The maximum atomic E-state index is 12.3. The highest BCUT2D eigenvalue weighted by molar-refractivity contribution is 7.98. The summed E-state index contributed by atoms with van der Waals surface area (Å²) in [5.74, 6) is -0.00606. The number of carbonyl (C=O) groups is 1. The Morgan fingerprint density at radius 2 is 2.32 bits per heavy atom. The van der Waals surface area contributed by atoms with Crippen LogP contribution in [-0.4, -0.2) is 47.4 Å². The van der Waals surface area contributed by atoms with E-state index >= 15 is 0 Å². The molecule has 1 aromatic rings. The molecule has 0 saturated carbocycles. The molecule has 0 aromatic heterocycles. The second-order valence-electron chi connectivity index (χ2n) is 5.79. The van der Waals surface area contributed by atoms with E-state index in [1.165, 1.54) is 0 Å². The fourth-order valence-corrected chi connectivity index (χ4v) is 3.47. The molecule has 1 aromatic carbocycles. The molecule has 2 atom stereocenters. The summed E-state index contributed by atoms with van der Waals surface area (Å²) >= 11 is 1.66. The summed E-state index contributed by atoms with van der Waals surface area (Å²) in [5.41, 5.74) is 0.835. The first-order chi connectivity index (χ1) is 10.6. The average Bonchev–Trinajstić information content (AvgIpc) is 2.54. The van der Waals surface area contributed by atoms with Crippen LogP contribution >= 0.6 is 11.8 Å². The number of aliphatic hydroxyl groups excluding tert-OH is 1. The van der Waals surface area contributed by atoms with Crippen molar-refractivity contribution in [2.45, 2.75) is 49.6 Å². The van der Waals surface area contributed by atoms with Crippen molar-refractivity contribution in [2.24, 2.45) is 0 Å². The minimum Gasteiger partial charge on any atom is -0.392 e. The molecule has 2 N–H and O–H groups in total. The Kier molecular flexibility index (Phi) is 6.73. The smallest absolute Gasteiger partial charge is 0.238 e. The molecule has 1 saturated heterocycles. The van der Waals surface area contributed by atoms with Crippen LogP contribution in [0.15, 0.2) is 29.2 Å². The third-order valence-corrected chi connectivity index (χ3v) is 4.95. The zero-order valence-corrected chi connectivity index (χ0v) is 14.2. The largest absolute Gasteiger partial charge is 0.392 e. The number of rotatable bonds is 6. The van der Waals surface area contributed by atoms with Gasteiger partial charge in [-0.25, -0.2) is 0 Å². The highest BCUT2D eigenvalue weighted by Gasteiger charge is 2.28. The van der Waals surface area contributed by atoms with E-state index < -0.39 is 0 Å². The molecule has 0 spiro atoms. The Bertz CT molecular complexity index is 495. The summed E-state index contributed by atoms with van der Waals surface area (Å²) in [6.45, 7) is 3.23. The Hall–Kier alpha value is -1.04. The molecule has 1 fully saturated rings. The van der Waals surface area contributed by atoms with E-state index in [9.17, 15) is 9.90 Å². The van der Waals surface area contributed by atoms with E-state index in [1.807, 2.05) is 37.4 Å². The van der Waals surface area contributed by atoms with Crippen LogP contribution in [0.3, 0.4) is 0 Å². The average molecular weight is 322 g/mol. The molecule has 1 amide bonds. The van der Waals surface area contributed by atoms with Crippen LogP contribution in [0.25, 0.3) is 0 Å². The summed E-state index contributed by atoms with van der Waals surface area (Å²) in [6, 6.07) is 7.98. The van der Waals surface area contributed by atoms with E-state index in [4.69, 9.17) is 0 Å². The number of piperidine rings is 1. The Balaban J connectivity index is 1.94. The van der Waals surface area contributed by atoms with Crippen LogP contribution < -0.4 is 5.32 Å². The van der Waals surface area contributed by atoms with Crippen molar-refractivity contribution < 1.29 is 9.90 Å². The second-order valence-corrected chi connectivity index (χ2v) is 6.67. The number of hydrogen-bond donors (Lipinski definition) is 2. The molecular weight excluding hydrogens is 296 g/mol. The van der Waals surface area contributed by atoms with Gasteiger partial charge in [-0.1, -0.05) is 19.4 Å². The molecule has 1 aliphatic rings. The number of benzene rings is 1. The van der Waals surface area contributed by atoms with Crippen LogP contribution in [0.5, 0.6) is 0 Å². The lowest BCUT2D eigenvalue weighted by molar-refractivity contribution is -0.119. The number of amides is 1. The van der Waals surface area contributed by atoms with Crippen molar-refractivity contribution in [3.8, 4) is 0 Å². The predicted molar refractivity (Wildman–Crippen MR) is 92.4 cm³/mol. The molecule has 1 heterocycles.